The summed E-state index contributed by atoms with van der Waals surface area (Å²) in [6.45, 7) is 2.08. The van der Waals surface area contributed by atoms with Crippen LogP contribution in [0.3, 0.4) is 0 Å². The lowest BCUT2D eigenvalue weighted by molar-refractivity contribution is -0.117. The van der Waals surface area contributed by atoms with Gasteiger partial charge in [-0.15, -0.1) is 0 Å². The second-order valence-electron chi connectivity index (χ2n) is 5.54. The summed E-state index contributed by atoms with van der Waals surface area (Å²) in [6.07, 6.45) is 0. The first-order valence-corrected chi connectivity index (χ1v) is 7.77. The molecule has 0 heterocycles. The van der Waals surface area contributed by atoms with E-state index in [1.165, 1.54) is 0 Å². The number of nitriles is 1. The minimum absolute atomic E-state index is 0.0577. The first-order valence-electron chi connectivity index (χ1n) is 7.39. The van der Waals surface area contributed by atoms with Gasteiger partial charge in [0.2, 0.25) is 5.91 Å². The van der Waals surface area contributed by atoms with Crippen LogP contribution in [0, 0.1) is 11.3 Å². The lowest BCUT2D eigenvalue weighted by Crippen LogP contribution is -2.32. The summed E-state index contributed by atoms with van der Waals surface area (Å²) < 4.78 is 0. The summed E-state index contributed by atoms with van der Waals surface area (Å²) in [7, 11) is 1.82. The number of likely N-dealkylation sites (N-methyl/N-ethyl adjacent to an activating group) is 1. The number of amides is 1. The molecule has 0 aliphatic heterocycles. The number of rotatable bonds is 5. The molecule has 0 aliphatic rings. The van der Waals surface area contributed by atoms with Gasteiger partial charge in [0.1, 0.15) is 11.8 Å². The number of nitrogens with one attached hydrogen (secondary N) is 1. The van der Waals surface area contributed by atoms with Crippen molar-refractivity contribution >= 4 is 23.2 Å². The quantitative estimate of drug-likeness (QED) is 0.870. The van der Waals surface area contributed by atoms with Crippen molar-refractivity contribution in [3.63, 3.8) is 0 Å². The molecule has 0 bridgehead atoms. The molecule has 24 heavy (non-hydrogen) atoms. The number of nitrogens with zero attached hydrogens (tertiary/aromatic N) is 2. The van der Waals surface area contributed by atoms with E-state index in [1.54, 1.807) is 36.4 Å². The maximum absolute atomic E-state index is 12.3. The van der Waals surface area contributed by atoms with E-state index in [0.717, 1.165) is 5.56 Å². The predicted molar refractivity (Wildman–Crippen MR) is 93.9 cm³/mol. The van der Waals surface area contributed by atoms with E-state index in [9.17, 15) is 9.90 Å². The molecular formula is C18H18ClN3O2. The van der Waals surface area contributed by atoms with Gasteiger partial charge in [0.15, 0.2) is 0 Å². The molecule has 1 unspecified atom stereocenters. The highest BCUT2D eigenvalue weighted by Gasteiger charge is 2.16. The van der Waals surface area contributed by atoms with Crippen molar-refractivity contribution in [2.45, 2.75) is 13.0 Å². The van der Waals surface area contributed by atoms with E-state index in [0.29, 0.717) is 16.3 Å². The fourth-order valence-electron chi connectivity index (χ4n) is 2.31. The van der Waals surface area contributed by atoms with Crippen LogP contribution in [0.4, 0.5) is 5.69 Å². The van der Waals surface area contributed by atoms with Crippen molar-refractivity contribution in [3.8, 4) is 11.8 Å². The van der Waals surface area contributed by atoms with Crippen LogP contribution in [0.1, 0.15) is 24.1 Å². The molecule has 0 spiro atoms. The van der Waals surface area contributed by atoms with Crippen LogP contribution in [0.15, 0.2) is 42.5 Å². The predicted octanol–water partition coefficient (Wildman–Crippen LogP) is 3.55. The lowest BCUT2D eigenvalue weighted by atomic mass is 10.1. The first kappa shape index (κ1) is 17.8. The lowest BCUT2D eigenvalue weighted by Gasteiger charge is -2.24. The van der Waals surface area contributed by atoms with Crippen molar-refractivity contribution in [3.05, 3.63) is 58.6 Å². The minimum atomic E-state index is -0.247. The molecule has 2 aromatic carbocycles. The summed E-state index contributed by atoms with van der Waals surface area (Å²) >= 11 is 5.91. The zero-order valence-electron chi connectivity index (χ0n) is 13.5. The molecule has 0 saturated heterocycles. The van der Waals surface area contributed by atoms with E-state index in [-0.39, 0.29) is 24.2 Å². The molecule has 2 N–H and O–H groups in total. The number of aromatic hydroxyl groups is 1. The summed E-state index contributed by atoms with van der Waals surface area (Å²) in [5.41, 5.74) is 1.66. The van der Waals surface area contributed by atoms with Crippen LogP contribution < -0.4 is 5.32 Å². The normalized spacial score (nSPS) is 11.8. The highest BCUT2D eigenvalue weighted by molar-refractivity contribution is 6.31. The van der Waals surface area contributed by atoms with Gasteiger partial charge < -0.3 is 10.4 Å². The standard InChI is InChI=1S/C18H18ClN3O2/c1-12(13-4-3-5-16(23)8-13)22(2)11-18(24)21-17-9-15(19)7-6-14(17)10-20/h3-9,12,23H,11H2,1-2H3,(H,21,24). The van der Waals surface area contributed by atoms with Crippen LogP contribution in [0.5, 0.6) is 5.75 Å². The molecule has 6 heteroatoms. The van der Waals surface area contributed by atoms with Crippen LogP contribution >= 0.6 is 11.6 Å². The Morgan fingerprint density at radius 1 is 1.38 bits per heavy atom. The fraction of sp³-hybridized carbons (Fsp3) is 0.222. The molecule has 5 nitrogen and oxygen atoms in total. The summed E-state index contributed by atoms with van der Waals surface area (Å²) in [5, 5.41) is 21.8. The molecule has 2 rings (SSSR count). The Bertz CT molecular complexity index is 786. The van der Waals surface area contributed by atoms with Crippen molar-refractivity contribution in [2.24, 2.45) is 0 Å². The Labute approximate surface area is 146 Å². The second kappa shape index (κ2) is 7.82. The number of anilines is 1. The summed E-state index contributed by atoms with van der Waals surface area (Å²) in [5.74, 6) is -0.0574. The second-order valence-corrected chi connectivity index (χ2v) is 5.97. The van der Waals surface area contributed by atoms with Crippen molar-refractivity contribution in [1.82, 2.24) is 4.90 Å². The van der Waals surface area contributed by atoms with E-state index < -0.39 is 0 Å². The van der Waals surface area contributed by atoms with Gasteiger partial charge >= 0.3 is 0 Å². The number of hydrogen-bond donors (Lipinski definition) is 2. The maximum atomic E-state index is 12.3. The number of hydrogen-bond acceptors (Lipinski definition) is 4. The molecule has 0 aliphatic carbocycles. The smallest absolute Gasteiger partial charge is 0.238 e. The highest BCUT2D eigenvalue weighted by atomic mass is 35.5. The molecule has 0 saturated carbocycles. The Morgan fingerprint density at radius 3 is 2.79 bits per heavy atom. The Morgan fingerprint density at radius 2 is 2.12 bits per heavy atom. The van der Waals surface area contributed by atoms with Crippen LogP contribution in [-0.2, 0) is 4.79 Å². The fourth-order valence-corrected chi connectivity index (χ4v) is 2.48. The van der Waals surface area contributed by atoms with Crippen LogP contribution in [0.25, 0.3) is 0 Å². The van der Waals surface area contributed by atoms with Gasteiger partial charge in [-0.05, 0) is 49.9 Å². The van der Waals surface area contributed by atoms with Crippen molar-refractivity contribution in [2.75, 3.05) is 18.9 Å². The minimum Gasteiger partial charge on any atom is -0.508 e. The average Bonchev–Trinajstić information content (AvgIpc) is 2.54. The van der Waals surface area contributed by atoms with Gasteiger partial charge in [-0.2, -0.15) is 5.26 Å². The third-order valence-corrected chi connectivity index (χ3v) is 4.02. The van der Waals surface area contributed by atoms with E-state index in [1.807, 2.05) is 31.0 Å². The zero-order valence-corrected chi connectivity index (χ0v) is 14.2. The highest BCUT2D eigenvalue weighted by Crippen LogP contribution is 2.23. The van der Waals surface area contributed by atoms with Crippen molar-refractivity contribution in [1.29, 1.82) is 5.26 Å². The number of benzene rings is 2. The number of phenols is 1. The molecule has 0 fully saturated rings. The van der Waals surface area contributed by atoms with E-state index in [4.69, 9.17) is 16.9 Å². The average molecular weight is 344 g/mol. The number of phenolic OH excluding ortho intramolecular Hbond substituents is 1. The third-order valence-electron chi connectivity index (χ3n) is 3.78. The Balaban J connectivity index is 2.04. The monoisotopic (exact) mass is 343 g/mol. The molecule has 1 atom stereocenters. The number of carbonyl (C=O) groups excluding carboxylic acids is 1. The Kier molecular flexibility index (Phi) is 5.80. The zero-order chi connectivity index (χ0) is 17.7. The molecule has 2 aromatic rings. The van der Waals surface area contributed by atoms with Crippen LogP contribution in [-0.4, -0.2) is 29.5 Å². The maximum Gasteiger partial charge on any atom is 0.238 e. The number of carbonyl (C=O) groups is 1. The van der Waals surface area contributed by atoms with Gasteiger partial charge in [0.05, 0.1) is 17.8 Å². The van der Waals surface area contributed by atoms with Gasteiger partial charge in [-0.3, -0.25) is 9.69 Å². The molecule has 0 aromatic heterocycles. The molecular weight excluding hydrogens is 326 g/mol. The number of halogens is 1. The van der Waals surface area contributed by atoms with Crippen molar-refractivity contribution < 1.29 is 9.90 Å². The van der Waals surface area contributed by atoms with Gasteiger partial charge in [-0.1, -0.05) is 23.7 Å². The SMILES string of the molecule is CC(c1cccc(O)c1)N(C)CC(=O)Nc1cc(Cl)ccc1C#N. The summed E-state index contributed by atoms with van der Waals surface area (Å²) in [6, 6.07) is 13.6. The third kappa shape index (κ3) is 4.48. The topological polar surface area (TPSA) is 76.4 Å². The summed E-state index contributed by atoms with van der Waals surface area (Å²) in [4.78, 5) is 14.1. The van der Waals surface area contributed by atoms with Gasteiger partial charge in [0.25, 0.3) is 0 Å². The van der Waals surface area contributed by atoms with E-state index in [2.05, 4.69) is 5.32 Å². The Hall–Kier alpha value is -2.55. The molecule has 1 amide bonds. The molecule has 124 valence electrons. The first-order chi connectivity index (χ1) is 11.4. The molecule has 0 radical (unpaired) electrons. The van der Waals surface area contributed by atoms with Gasteiger partial charge in [0, 0.05) is 11.1 Å². The largest absolute Gasteiger partial charge is 0.508 e. The van der Waals surface area contributed by atoms with E-state index >= 15 is 0 Å². The van der Waals surface area contributed by atoms with Gasteiger partial charge in [-0.25, -0.2) is 0 Å². The van der Waals surface area contributed by atoms with Crippen LogP contribution in [0.2, 0.25) is 5.02 Å².